The van der Waals surface area contributed by atoms with Gasteiger partial charge in [0.2, 0.25) is 0 Å². The second-order valence-electron chi connectivity index (χ2n) is 6.63. The maximum Gasteiger partial charge on any atom is 0.273 e. The molecule has 0 aromatic carbocycles. The Bertz CT molecular complexity index is 852. The van der Waals surface area contributed by atoms with E-state index in [1.807, 2.05) is 0 Å². The highest BCUT2D eigenvalue weighted by molar-refractivity contribution is 5.94. The molecule has 0 saturated heterocycles. The summed E-state index contributed by atoms with van der Waals surface area (Å²) in [6, 6.07) is 1.62. The monoisotopic (exact) mass is 328 g/mol. The van der Waals surface area contributed by atoms with Gasteiger partial charge >= 0.3 is 0 Å². The van der Waals surface area contributed by atoms with Crippen LogP contribution in [0.2, 0.25) is 0 Å². The summed E-state index contributed by atoms with van der Waals surface area (Å²) in [6.07, 6.45) is 6.07. The Hall–Kier alpha value is -2.44. The van der Waals surface area contributed by atoms with Crippen molar-refractivity contribution in [3.63, 3.8) is 0 Å². The summed E-state index contributed by atoms with van der Waals surface area (Å²) in [6.45, 7) is 0. The number of nitrogens with one attached hydrogen (secondary N) is 1. The first-order valence-electron chi connectivity index (χ1n) is 8.46. The summed E-state index contributed by atoms with van der Waals surface area (Å²) in [5, 5.41) is 11.3. The van der Waals surface area contributed by atoms with E-state index in [2.05, 4.69) is 15.6 Å². The first kappa shape index (κ1) is 15.1. The van der Waals surface area contributed by atoms with Gasteiger partial charge in [-0.2, -0.15) is 5.10 Å². The van der Waals surface area contributed by atoms with E-state index >= 15 is 0 Å². The summed E-state index contributed by atoms with van der Waals surface area (Å²) in [5.41, 5.74) is 3.15. The van der Waals surface area contributed by atoms with Crippen molar-refractivity contribution in [1.29, 1.82) is 0 Å². The van der Waals surface area contributed by atoms with Crippen molar-refractivity contribution in [1.82, 2.24) is 20.3 Å². The van der Waals surface area contributed by atoms with Crippen LogP contribution in [0.3, 0.4) is 0 Å². The molecule has 126 valence electrons. The fourth-order valence-corrected chi connectivity index (χ4v) is 3.63. The third-order valence-electron chi connectivity index (χ3n) is 4.95. The van der Waals surface area contributed by atoms with Crippen LogP contribution in [0.4, 0.5) is 0 Å². The van der Waals surface area contributed by atoms with Crippen molar-refractivity contribution >= 4 is 5.91 Å². The van der Waals surface area contributed by atoms with Crippen LogP contribution in [-0.2, 0) is 32.7 Å². The number of aryl methyl sites for hydroxylation is 3. The molecule has 2 aromatic heterocycles. The molecule has 24 heavy (non-hydrogen) atoms. The van der Waals surface area contributed by atoms with Crippen molar-refractivity contribution in [3.8, 4) is 0 Å². The summed E-state index contributed by atoms with van der Waals surface area (Å²) in [4.78, 5) is 24.3. The number of fused-ring (bicyclic) bond motifs is 2. The molecule has 2 aromatic rings. The van der Waals surface area contributed by atoms with Crippen LogP contribution in [0.1, 0.15) is 52.3 Å². The van der Waals surface area contributed by atoms with E-state index in [0.717, 1.165) is 61.1 Å². The molecule has 0 aliphatic heterocycles. The lowest BCUT2D eigenvalue weighted by Crippen LogP contribution is -2.40. The van der Waals surface area contributed by atoms with Crippen molar-refractivity contribution in [3.05, 3.63) is 44.7 Å². The minimum Gasteiger partial charge on any atom is -0.360 e. The number of carbonyl (C=O) groups is 1. The highest BCUT2D eigenvalue weighted by Gasteiger charge is 2.27. The third kappa shape index (κ3) is 2.64. The van der Waals surface area contributed by atoms with Gasteiger partial charge in [0.15, 0.2) is 5.69 Å². The molecule has 1 amide bonds. The zero-order valence-corrected chi connectivity index (χ0v) is 13.7. The fraction of sp³-hybridized carbons (Fsp3) is 0.529. The van der Waals surface area contributed by atoms with Gasteiger partial charge in [-0.25, -0.2) is 4.68 Å². The van der Waals surface area contributed by atoms with E-state index in [1.165, 1.54) is 4.68 Å². The average Bonchev–Trinajstić information content (AvgIpc) is 3.00. The van der Waals surface area contributed by atoms with Gasteiger partial charge in [-0.05, 0) is 44.1 Å². The first-order valence-corrected chi connectivity index (χ1v) is 8.46. The van der Waals surface area contributed by atoms with E-state index in [4.69, 9.17) is 4.52 Å². The summed E-state index contributed by atoms with van der Waals surface area (Å²) >= 11 is 0. The molecule has 4 rings (SSSR count). The van der Waals surface area contributed by atoms with Gasteiger partial charge in [-0.1, -0.05) is 5.16 Å². The van der Waals surface area contributed by atoms with Crippen LogP contribution in [-0.4, -0.2) is 26.9 Å². The lowest BCUT2D eigenvalue weighted by Gasteiger charge is -2.24. The molecule has 0 spiro atoms. The first-order chi connectivity index (χ1) is 11.6. The number of rotatable bonds is 2. The van der Waals surface area contributed by atoms with E-state index in [1.54, 1.807) is 13.1 Å². The second kappa shape index (κ2) is 5.89. The maximum atomic E-state index is 12.6. The van der Waals surface area contributed by atoms with Crippen LogP contribution >= 0.6 is 0 Å². The number of carbonyl (C=O) groups excluding carboxylic acids is 1. The van der Waals surface area contributed by atoms with Gasteiger partial charge in [0.25, 0.3) is 11.5 Å². The van der Waals surface area contributed by atoms with E-state index < -0.39 is 0 Å². The SMILES string of the molecule is Cn1nc2c(cc1=O)CC(NC(=O)c1noc3c1CCCC3)CC2. The van der Waals surface area contributed by atoms with Crippen LogP contribution in [0.25, 0.3) is 0 Å². The van der Waals surface area contributed by atoms with E-state index in [-0.39, 0.29) is 17.5 Å². The third-order valence-corrected chi connectivity index (χ3v) is 4.95. The molecule has 0 saturated carbocycles. The summed E-state index contributed by atoms with van der Waals surface area (Å²) in [7, 11) is 1.66. The molecule has 2 aliphatic rings. The minimum absolute atomic E-state index is 0.00477. The molecule has 2 aliphatic carbocycles. The zero-order valence-electron chi connectivity index (χ0n) is 13.7. The van der Waals surface area contributed by atoms with Crippen LogP contribution in [0.5, 0.6) is 0 Å². The molecule has 0 bridgehead atoms. The van der Waals surface area contributed by atoms with Gasteiger partial charge in [0, 0.05) is 31.1 Å². The van der Waals surface area contributed by atoms with Gasteiger partial charge in [0.05, 0.1) is 5.69 Å². The zero-order chi connectivity index (χ0) is 16.7. The molecule has 0 fully saturated rings. The number of nitrogens with zero attached hydrogens (tertiary/aromatic N) is 3. The van der Waals surface area contributed by atoms with Crippen molar-refractivity contribution in [2.24, 2.45) is 7.05 Å². The second-order valence-corrected chi connectivity index (χ2v) is 6.63. The van der Waals surface area contributed by atoms with Gasteiger partial charge in [0.1, 0.15) is 5.76 Å². The van der Waals surface area contributed by atoms with E-state index in [9.17, 15) is 9.59 Å². The lowest BCUT2D eigenvalue weighted by atomic mass is 9.92. The summed E-state index contributed by atoms with van der Waals surface area (Å²) in [5.74, 6) is 0.681. The Morgan fingerprint density at radius 1 is 1.33 bits per heavy atom. The average molecular weight is 328 g/mol. The molecular formula is C17H20N4O3. The Balaban J connectivity index is 1.50. The number of hydrogen-bond donors (Lipinski definition) is 1. The topological polar surface area (TPSA) is 90.0 Å². The molecule has 0 radical (unpaired) electrons. The van der Waals surface area contributed by atoms with Crippen molar-refractivity contribution < 1.29 is 9.32 Å². The minimum atomic E-state index is -0.174. The maximum absolute atomic E-state index is 12.6. The number of amides is 1. The molecular weight excluding hydrogens is 308 g/mol. The molecule has 1 N–H and O–H groups in total. The Morgan fingerprint density at radius 2 is 2.17 bits per heavy atom. The van der Waals surface area contributed by atoms with Crippen molar-refractivity contribution in [2.75, 3.05) is 0 Å². The Kier molecular flexibility index (Phi) is 3.70. The Morgan fingerprint density at radius 3 is 3.04 bits per heavy atom. The quantitative estimate of drug-likeness (QED) is 0.886. The van der Waals surface area contributed by atoms with Crippen molar-refractivity contribution in [2.45, 2.75) is 51.0 Å². The molecule has 1 unspecified atom stereocenters. The number of aromatic nitrogens is 3. The summed E-state index contributed by atoms with van der Waals surface area (Å²) < 4.78 is 6.68. The van der Waals surface area contributed by atoms with Gasteiger partial charge in [-0.3, -0.25) is 9.59 Å². The lowest BCUT2D eigenvalue weighted by molar-refractivity contribution is 0.0923. The predicted octanol–water partition coefficient (Wildman–Crippen LogP) is 0.934. The fourth-order valence-electron chi connectivity index (χ4n) is 3.63. The smallest absolute Gasteiger partial charge is 0.273 e. The van der Waals surface area contributed by atoms with Crippen LogP contribution in [0.15, 0.2) is 15.4 Å². The molecule has 7 nitrogen and oxygen atoms in total. The molecule has 2 heterocycles. The van der Waals surface area contributed by atoms with E-state index in [0.29, 0.717) is 12.1 Å². The van der Waals surface area contributed by atoms with Gasteiger partial charge in [-0.15, -0.1) is 0 Å². The standard InChI is InChI=1S/C17H20N4O3/c1-21-15(22)9-10-8-11(6-7-13(10)19-21)18-17(23)16-12-4-2-3-5-14(12)24-20-16/h9,11H,2-8H2,1H3,(H,18,23). The Labute approximate surface area is 139 Å². The van der Waals surface area contributed by atoms with Crippen LogP contribution in [0, 0.1) is 0 Å². The highest BCUT2D eigenvalue weighted by Crippen LogP contribution is 2.25. The van der Waals surface area contributed by atoms with Gasteiger partial charge < -0.3 is 9.84 Å². The largest absolute Gasteiger partial charge is 0.360 e. The van der Waals surface area contributed by atoms with Crippen LogP contribution < -0.4 is 10.9 Å². The normalized spacial score (nSPS) is 19.5. The molecule has 7 heteroatoms. The number of hydrogen-bond acceptors (Lipinski definition) is 5. The predicted molar refractivity (Wildman–Crippen MR) is 85.9 cm³/mol. The highest BCUT2D eigenvalue weighted by atomic mass is 16.5. The molecule has 1 atom stereocenters.